The number of carbonyl (C=O) groups excluding carboxylic acids is 2. The van der Waals surface area contributed by atoms with Crippen LogP contribution in [0.2, 0.25) is 0 Å². The number of amides is 2. The number of likely N-dealkylation sites (tertiary alicyclic amines) is 1. The predicted octanol–water partition coefficient (Wildman–Crippen LogP) is 3.33. The Morgan fingerprint density at radius 2 is 1.75 bits per heavy atom. The number of carbonyl (C=O) groups is 2. The molecule has 1 unspecified atom stereocenters. The van der Waals surface area contributed by atoms with Crippen LogP contribution < -0.4 is 5.32 Å². The number of rotatable bonds is 5. The van der Waals surface area contributed by atoms with Crippen molar-refractivity contribution in [3.05, 3.63) is 60.2 Å². The van der Waals surface area contributed by atoms with Crippen molar-refractivity contribution in [3.63, 3.8) is 0 Å². The summed E-state index contributed by atoms with van der Waals surface area (Å²) < 4.78 is 29.0. The lowest BCUT2D eigenvalue weighted by molar-refractivity contribution is -0.126. The largest absolute Gasteiger partial charge is 0.351 e. The van der Waals surface area contributed by atoms with Crippen molar-refractivity contribution in [3.8, 4) is 0 Å². The Morgan fingerprint density at radius 3 is 2.41 bits per heavy atom. The zero-order valence-corrected chi connectivity index (χ0v) is 18.0. The summed E-state index contributed by atoms with van der Waals surface area (Å²) in [6.07, 6.45) is 5.90. The number of piperidine rings is 1. The minimum absolute atomic E-state index is 0.0450. The van der Waals surface area contributed by atoms with Crippen molar-refractivity contribution < 1.29 is 18.4 Å². The van der Waals surface area contributed by atoms with E-state index in [4.69, 9.17) is 0 Å². The fourth-order valence-corrected chi connectivity index (χ4v) is 4.19. The Morgan fingerprint density at radius 1 is 1.09 bits per heavy atom. The molecule has 7 nitrogen and oxygen atoms in total. The molecule has 0 spiro atoms. The van der Waals surface area contributed by atoms with Gasteiger partial charge in [-0.05, 0) is 30.9 Å². The summed E-state index contributed by atoms with van der Waals surface area (Å²) in [5.74, 6) is -2.30. The Labute approximate surface area is 184 Å². The van der Waals surface area contributed by atoms with Crippen molar-refractivity contribution in [1.29, 1.82) is 0 Å². The Balaban J connectivity index is 1.44. The Bertz CT molecular complexity index is 1120. The number of pyridine rings is 1. The van der Waals surface area contributed by atoms with E-state index in [1.54, 1.807) is 34.0 Å². The first-order valence-electron chi connectivity index (χ1n) is 10.7. The highest BCUT2D eigenvalue weighted by atomic mass is 19.2. The second-order valence-electron chi connectivity index (χ2n) is 8.41. The number of nitrogens with zero attached hydrogens (tertiary/aromatic N) is 4. The van der Waals surface area contributed by atoms with Gasteiger partial charge in [-0.25, -0.2) is 13.8 Å². The maximum atomic E-state index is 13.8. The van der Waals surface area contributed by atoms with Gasteiger partial charge in [0.25, 0.3) is 5.91 Å². The summed E-state index contributed by atoms with van der Waals surface area (Å²) in [4.78, 5) is 35.6. The number of hydrogen-bond donors (Lipinski definition) is 1. The number of hydrogen-bond acceptors (Lipinski definition) is 4. The standard InChI is InChI=1S/C23H25F2N5O2/c1-14(2)21(30-13-27-19-11-17(24)18(25)12-20(19)30)22(31)28-16-5-9-29(10-6-16)23(32)15-3-7-26-8-4-15/h3-4,7-8,11-14,16,21H,5-6,9-10H2,1-2H3,(H,28,31). The summed E-state index contributed by atoms with van der Waals surface area (Å²) in [7, 11) is 0. The lowest BCUT2D eigenvalue weighted by atomic mass is 10.00. The second-order valence-corrected chi connectivity index (χ2v) is 8.41. The highest BCUT2D eigenvalue weighted by molar-refractivity contribution is 5.94. The predicted molar refractivity (Wildman–Crippen MR) is 115 cm³/mol. The van der Waals surface area contributed by atoms with Crippen LogP contribution in [0.4, 0.5) is 8.78 Å². The lowest BCUT2D eigenvalue weighted by Crippen LogP contribution is -2.48. The van der Waals surface area contributed by atoms with Crippen molar-refractivity contribution >= 4 is 22.8 Å². The van der Waals surface area contributed by atoms with E-state index in [0.717, 1.165) is 12.1 Å². The molecule has 3 heterocycles. The fraction of sp³-hybridized carbons (Fsp3) is 0.391. The molecular weight excluding hydrogens is 416 g/mol. The highest BCUT2D eigenvalue weighted by Gasteiger charge is 2.30. The van der Waals surface area contributed by atoms with E-state index in [-0.39, 0.29) is 23.8 Å². The monoisotopic (exact) mass is 441 g/mol. The summed E-state index contributed by atoms with van der Waals surface area (Å²) in [5.41, 5.74) is 1.26. The van der Waals surface area contributed by atoms with Gasteiger partial charge < -0.3 is 14.8 Å². The van der Waals surface area contributed by atoms with Crippen LogP contribution in [0.25, 0.3) is 11.0 Å². The molecule has 4 rings (SSSR count). The van der Waals surface area contributed by atoms with Crippen molar-refractivity contribution in [2.45, 2.75) is 38.8 Å². The van der Waals surface area contributed by atoms with Crippen LogP contribution in [0.1, 0.15) is 43.1 Å². The maximum absolute atomic E-state index is 13.8. The average Bonchev–Trinajstić information content (AvgIpc) is 3.16. The van der Waals surface area contributed by atoms with Crippen LogP contribution in [0.15, 0.2) is 43.0 Å². The van der Waals surface area contributed by atoms with Gasteiger partial charge >= 0.3 is 0 Å². The van der Waals surface area contributed by atoms with Crippen LogP contribution in [-0.2, 0) is 4.79 Å². The van der Waals surface area contributed by atoms with Gasteiger partial charge in [-0.15, -0.1) is 0 Å². The SMILES string of the molecule is CC(C)C(C(=O)NC1CCN(C(=O)c2ccncc2)CC1)n1cnc2cc(F)c(F)cc21. The van der Waals surface area contributed by atoms with Gasteiger partial charge in [0.15, 0.2) is 11.6 Å². The molecule has 3 aromatic rings. The molecule has 9 heteroatoms. The minimum atomic E-state index is -0.978. The second kappa shape index (κ2) is 9.02. The summed E-state index contributed by atoms with van der Waals surface area (Å²) in [6, 6.07) is 4.78. The molecule has 2 amide bonds. The van der Waals surface area contributed by atoms with Gasteiger partial charge in [0.2, 0.25) is 5.91 Å². The Hall–Kier alpha value is -3.36. The summed E-state index contributed by atoms with van der Waals surface area (Å²) in [5, 5.41) is 3.08. The van der Waals surface area contributed by atoms with Crippen molar-refractivity contribution in [1.82, 2.24) is 24.8 Å². The van der Waals surface area contributed by atoms with E-state index in [9.17, 15) is 18.4 Å². The molecule has 1 aliphatic heterocycles. The zero-order valence-electron chi connectivity index (χ0n) is 18.0. The first-order chi connectivity index (χ1) is 15.3. The fourth-order valence-electron chi connectivity index (χ4n) is 4.19. The van der Waals surface area contributed by atoms with Gasteiger partial charge in [-0.2, -0.15) is 0 Å². The normalized spacial score (nSPS) is 15.8. The van der Waals surface area contributed by atoms with Crippen LogP contribution in [0.5, 0.6) is 0 Å². The molecule has 1 saturated heterocycles. The molecule has 32 heavy (non-hydrogen) atoms. The molecule has 1 N–H and O–H groups in total. The quantitative estimate of drug-likeness (QED) is 0.659. The van der Waals surface area contributed by atoms with Crippen molar-refractivity contribution in [2.75, 3.05) is 13.1 Å². The van der Waals surface area contributed by atoms with E-state index in [1.807, 2.05) is 13.8 Å². The number of nitrogens with one attached hydrogen (secondary N) is 1. The molecule has 1 fully saturated rings. The Kier molecular flexibility index (Phi) is 6.16. The molecule has 0 bridgehead atoms. The first kappa shape index (κ1) is 21.9. The first-order valence-corrected chi connectivity index (χ1v) is 10.7. The smallest absolute Gasteiger partial charge is 0.253 e. The molecule has 168 valence electrons. The van der Waals surface area contributed by atoms with Gasteiger partial charge in [-0.1, -0.05) is 13.8 Å². The number of aromatic nitrogens is 3. The van der Waals surface area contributed by atoms with Crippen molar-refractivity contribution in [2.24, 2.45) is 5.92 Å². The van der Waals surface area contributed by atoms with Gasteiger partial charge in [-0.3, -0.25) is 14.6 Å². The van der Waals surface area contributed by atoms with E-state index < -0.39 is 17.7 Å². The molecule has 1 aliphatic rings. The number of imidazole rings is 1. The minimum Gasteiger partial charge on any atom is -0.351 e. The molecule has 0 radical (unpaired) electrons. The maximum Gasteiger partial charge on any atom is 0.253 e. The third-order valence-corrected chi connectivity index (χ3v) is 5.87. The summed E-state index contributed by atoms with van der Waals surface area (Å²) in [6.45, 7) is 4.87. The highest BCUT2D eigenvalue weighted by Crippen LogP contribution is 2.26. The third kappa shape index (κ3) is 4.32. The van der Waals surface area contributed by atoms with Crippen LogP contribution in [0, 0.1) is 17.6 Å². The number of fused-ring (bicyclic) bond motifs is 1. The van der Waals surface area contributed by atoms with Crippen LogP contribution in [0.3, 0.4) is 0 Å². The molecule has 0 saturated carbocycles. The van der Waals surface area contributed by atoms with E-state index in [1.165, 1.54) is 6.33 Å². The molecular formula is C23H25F2N5O2. The number of benzene rings is 1. The number of halogens is 2. The van der Waals surface area contributed by atoms with E-state index in [0.29, 0.717) is 42.5 Å². The van der Waals surface area contributed by atoms with Crippen LogP contribution >= 0.6 is 0 Å². The third-order valence-electron chi connectivity index (χ3n) is 5.87. The molecule has 1 aromatic carbocycles. The molecule has 1 atom stereocenters. The van der Waals surface area contributed by atoms with Gasteiger partial charge in [0.05, 0.1) is 17.4 Å². The summed E-state index contributed by atoms with van der Waals surface area (Å²) >= 11 is 0. The zero-order chi connectivity index (χ0) is 22.8. The van der Waals surface area contributed by atoms with E-state index in [2.05, 4.69) is 15.3 Å². The lowest BCUT2D eigenvalue weighted by Gasteiger charge is -2.33. The van der Waals surface area contributed by atoms with Crippen LogP contribution in [-0.4, -0.2) is 50.4 Å². The van der Waals surface area contributed by atoms with E-state index >= 15 is 0 Å². The molecule has 0 aliphatic carbocycles. The molecule has 2 aromatic heterocycles. The van der Waals surface area contributed by atoms with Gasteiger partial charge in [0.1, 0.15) is 6.04 Å². The average molecular weight is 441 g/mol. The van der Waals surface area contributed by atoms with Gasteiger partial charge in [0, 0.05) is 49.2 Å². The topological polar surface area (TPSA) is 80.1 Å².